The molecule has 14 atom stereocenters. The van der Waals surface area contributed by atoms with Gasteiger partial charge in [-0.15, -0.1) is 22.7 Å². The number of aliphatic hydroxyl groups excluding tert-OH is 2. The highest BCUT2D eigenvalue weighted by atomic mass is 32.5. The summed E-state index contributed by atoms with van der Waals surface area (Å²) in [4.78, 5) is 215. The molecule has 6 amide bonds. The summed E-state index contributed by atoms with van der Waals surface area (Å²) in [7, 11) is -3.56. The van der Waals surface area contributed by atoms with Crippen LogP contribution in [0.25, 0.3) is 85.6 Å². The van der Waals surface area contributed by atoms with E-state index in [4.69, 9.17) is 44.7 Å². The SMILES string of the molecule is CN(CCCC(=O)NCCNC(=O)O[C@@H]1[C@H](O)[C@@H](COP(=O)(O)OP(=O)(O)OP([O-])(O)=S)O[C@H]1n1cnc2c(=O)[nH]c(N)nc21)C(=O)c1ccccc1-c1c2ccc(=[N+](C)C)cc-2sc2cc(N(C)C)ccc12.CN(CCCC(=O)NCCNC(=O)O[C@H]1[C@@H](O)[C@H](n2cnc3c(=O)[nH]c(N)nc32)O[C@@H]1COP(=O)(O)OP(=O)(O)OP([O-])(O)=S)C(=O)c1ccccc1-c1c2ccc(=[N+](C)C)cc-2sc2cc(N(C)C)ccc12. The van der Waals surface area contributed by atoms with Crippen molar-refractivity contribution in [1.82, 2.24) is 79.3 Å². The zero-order chi connectivity index (χ0) is 106. The second-order valence-electron chi connectivity index (χ2n) is 33.7. The van der Waals surface area contributed by atoms with Gasteiger partial charge in [-0.2, -0.15) is 18.6 Å². The maximum absolute atomic E-state index is 14.2. The van der Waals surface area contributed by atoms with Crippen molar-refractivity contribution in [3.63, 3.8) is 0 Å². The van der Waals surface area contributed by atoms with Crippen molar-refractivity contribution in [2.24, 2.45) is 0 Å². The van der Waals surface area contributed by atoms with Crippen LogP contribution in [0, 0.1) is 0 Å². The van der Waals surface area contributed by atoms with E-state index in [0.717, 1.165) is 107 Å². The van der Waals surface area contributed by atoms with Gasteiger partial charge in [0.2, 0.25) is 34.4 Å². The number of H-pyrrole nitrogens is 2. The van der Waals surface area contributed by atoms with Crippen molar-refractivity contribution in [2.45, 2.75) is 74.8 Å². The number of rotatable bonds is 38. The molecule has 6 unspecified atom stereocenters. The number of nitrogens with zero attached hydrogens (tertiary/aromatic N) is 12. The Bertz CT molecular complexity index is 7520. The van der Waals surface area contributed by atoms with E-state index in [9.17, 15) is 96.2 Å². The summed E-state index contributed by atoms with van der Waals surface area (Å²) >= 11 is 11.3. The molecule has 0 radical (unpaired) electrons. The summed E-state index contributed by atoms with van der Waals surface area (Å²) in [6.07, 6.45) is -13.4. The number of carbonyl (C=O) groups excluding carboxylic acids is 6. The average Bonchev–Trinajstić information content (AvgIpc) is 1.18. The van der Waals surface area contributed by atoms with Crippen LogP contribution < -0.4 is 83.3 Å². The minimum Gasteiger partial charge on any atom is -0.779 e. The molecule has 6 aliphatic rings. The Morgan fingerprint density at radius 3 is 1.31 bits per heavy atom. The first-order valence-electron chi connectivity index (χ1n) is 43.8. The van der Waals surface area contributed by atoms with E-state index in [-0.39, 0.29) is 104 Å². The number of aromatic nitrogens is 8. The van der Waals surface area contributed by atoms with Crippen LogP contribution in [0.5, 0.6) is 0 Å². The number of nitrogens with one attached hydrogen (secondary N) is 6. The molecular formula is C84H102N20O32P6S4. The Morgan fingerprint density at radius 2 is 0.897 bits per heavy atom. The van der Waals surface area contributed by atoms with E-state index < -0.39 is 136 Å². The highest BCUT2D eigenvalue weighted by Crippen LogP contribution is 2.67. The fourth-order valence-corrected chi connectivity index (χ4v) is 25.5. The highest BCUT2D eigenvalue weighted by molar-refractivity contribution is 8.07. The monoisotopic (exact) mass is 2220 g/mol. The zero-order valence-electron chi connectivity index (χ0n) is 79.0. The Kier molecular flexibility index (Phi) is 35.9. The Balaban J connectivity index is 0.000000244. The molecule has 8 heterocycles. The molecule has 52 nitrogen and oxygen atoms in total. The van der Waals surface area contributed by atoms with Crippen LogP contribution in [0.2, 0.25) is 0 Å². The standard InChI is InChI=1S/2C42H51N10O16P3S2/c1-49(2)23-12-14-27-30(19-23)73-31-20-24(50(3)4)13-15-28(31)33(27)25-9-6-7-10-26(25)39(56)51(5)18-8-11-32(53)44-16-17-45-42(57)66-36-29(21-64-69(58,59)67-70(60,61)68-71(62,63)72)65-40(35(36)54)52-22-46-34-37(52)47-41(43)48-38(34)55;1-49(2)23-12-14-27-30(19-23)73-31-20-24(50(3)4)13-15-28(31)33(27)25-9-6-7-10-26(25)39(56)51(5)18-8-11-32(53)44-16-17-45-42(57)66-36-35(54)29(21-64-69(58,59)67-70(60,61)68-71(62,63)72)65-40(36)52-22-46-34-37(52)47-41(43)48-38(34)55/h2*6-7,9-10,12-15,19-20,22,29,35-36,40,54H,8,11,16-18,21H2,1-5H3,(H8-,43,44,45,47,48,53,55,57,58,59,60,61,62,63,72)/t2*29-,35-,36-,40-/m11/s1. The Hall–Kier alpha value is -11.1. The van der Waals surface area contributed by atoms with E-state index in [1.54, 1.807) is 58.7 Å². The number of aromatic amines is 2. The number of hydrogen-bond donors (Lipinski definition) is 16. The Morgan fingerprint density at radius 1 is 0.507 bits per heavy atom. The van der Waals surface area contributed by atoms with Crippen molar-refractivity contribution < 1.29 is 142 Å². The van der Waals surface area contributed by atoms with Gasteiger partial charge in [-0.3, -0.25) is 56.9 Å². The fraction of sp³-hybridized carbons (Fsp3) is 0.357. The average molecular weight is 2220 g/mol. The number of amides is 6. The first-order chi connectivity index (χ1) is 68.6. The molecule has 62 heteroatoms. The molecule has 0 bridgehead atoms. The number of aliphatic hydroxyl groups is 2. The van der Waals surface area contributed by atoms with E-state index >= 15 is 0 Å². The van der Waals surface area contributed by atoms with E-state index in [1.807, 2.05) is 112 Å². The van der Waals surface area contributed by atoms with Gasteiger partial charge in [0.25, 0.3) is 22.9 Å². The van der Waals surface area contributed by atoms with Crippen LogP contribution in [0.15, 0.2) is 144 Å². The van der Waals surface area contributed by atoms with Crippen LogP contribution >= 0.6 is 67.4 Å². The third kappa shape index (κ3) is 28.1. The number of alkyl carbamates (subject to hydrolysis) is 2. The minimum absolute atomic E-state index is 0.0221. The van der Waals surface area contributed by atoms with Gasteiger partial charge in [0.1, 0.15) is 66.0 Å². The van der Waals surface area contributed by atoms with Gasteiger partial charge < -0.3 is 121 Å². The van der Waals surface area contributed by atoms with Gasteiger partial charge in [0, 0.05) is 182 Å². The van der Waals surface area contributed by atoms with Crippen molar-refractivity contribution in [2.75, 3.05) is 144 Å². The number of nitrogens with two attached hydrogens (primary N) is 2. The predicted molar refractivity (Wildman–Crippen MR) is 539 cm³/mol. The normalized spacial score (nSPS) is 19.2. The quantitative estimate of drug-likeness (QED) is 0.0114. The number of ether oxygens (including phenoxy) is 4. The molecule has 4 aliphatic heterocycles. The smallest absolute Gasteiger partial charge is 0.485 e. The largest absolute Gasteiger partial charge is 0.779 e. The first kappa shape index (κ1) is 112. The molecule has 0 spiro atoms. The summed E-state index contributed by atoms with van der Waals surface area (Å²) in [6.45, 7) is -12.5. The van der Waals surface area contributed by atoms with Gasteiger partial charge in [-0.1, -0.05) is 72.1 Å². The number of benzene rings is 6. The molecule has 2 aliphatic carbocycles. The van der Waals surface area contributed by atoms with Crippen molar-refractivity contribution in [3.8, 4) is 43.1 Å². The number of fused-ring (bicyclic) bond motifs is 6. The van der Waals surface area contributed by atoms with Gasteiger partial charge >= 0.3 is 43.5 Å². The number of hydrogen-bond acceptors (Lipinski definition) is 38. The topological polar surface area (TPSA) is 717 Å². The van der Waals surface area contributed by atoms with Crippen molar-refractivity contribution in [3.05, 3.63) is 177 Å². The predicted octanol–water partition coefficient (Wildman–Crippen LogP) is 3.27. The molecule has 8 aromatic rings. The number of imidazole rings is 2. The van der Waals surface area contributed by atoms with Crippen molar-refractivity contribution >= 4 is 193 Å². The second-order valence-corrected chi connectivity index (χ2v) is 47.4. The number of nitrogen functional groups attached to an aromatic ring is 2. The third-order valence-electron chi connectivity index (χ3n) is 22.4. The summed E-state index contributed by atoms with van der Waals surface area (Å²) in [5.74, 6) is -1.92. The molecular weight excluding hydrogens is 2120 g/mol. The lowest BCUT2D eigenvalue weighted by Gasteiger charge is -2.24. The van der Waals surface area contributed by atoms with Gasteiger partial charge in [0.15, 0.2) is 47.0 Å². The van der Waals surface area contributed by atoms with E-state index in [2.05, 4.69) is 169 Å². The summed E-state index contributed by atoms with van der Waals surface area (Å²) in [5.41, 5.74) is 17.5. The molecule has 2 fully saturated rings. The van der Waals surface area contributed by atoms with Gasteiger partial charge in [-0.05, 0) is 83.6 Å². The Labute approximate surface area is 847 Å². The summed E-state index contributed by atoms with van der Waals surface area (Å²) in [5, 5.41) is 36.8. The lowest BCUT2D eigenvalue weighted by molar-refractivity contribution is -0.196. The zero-order valence-corrected chi connectivity index (χ0v) is 87.7. The van der Waals surface area contributed by atoms with Crippen LogP contribution in [0.4, 0.5) is 32.9 Å². The maximum Gasteiger partial charge on any atom is 0.485 e. The number of anilines is 4. The number of carbonyl (C=O) groups is 6. The van der Waals surface area contributed by atoms with E-state index in [0.29, 0.717) is 24.0 Å². The molecule has 146 heavy (non-hydrogen) atoms. The molecule has 2 saturated heterocycles. The van der Waals surface area contributed by atoms with Crippen LogP contribution in [0.1, 0.15) is 58.9 Å². The first-order valence-corrected chi connectivity index (χ1v) is 56.6. The molecule has 784 valence electrons. The second kappa shape index (κ2) is 46.8. The van der Waals surface area contributed by atoms with Crippen LogP contribution in [-0.2, 0) is 96.7 Å². The van der Waals surface area contributed by atoms with E-state index in [1.165, 1.54) is 0 Å². The third-order valence-corrected chi connectivity index (χ3v) is 33.4. The highest BCUT2D eigenvalue weighted by Gasteiger charge is 2.52. The molecule has 18 N–H and O–H groups in total. The lowest BCUT2D eigenvalue weighted by atomic mass is 9.91. The van der Waals surface area contributed by atoms with Gasteiger partial charge in [-0.25, -0.2) is 55.6 Å². The lowest BCUT2D eigenvalue weighted by Crippen LogP contribution is -2.42. The van der Waals surface area contributed by atoms with Crippen LogP contribution in [-0.4, -0.2) is 284 Å². The molecule has 14 rings (SSSR count). The number of phosphoric ester groups is 2. The van der Waals surface area contributed by atoms with Crippen molar-refractivity contribution in [1.29, 1.82) is 0 Å². The fourth-order valence-electron chi connectivity index (χ4n) is 15.6. The summed E-state index contributed by atoms with van der Waals surface area (Å²) in [6, 6.07) is 40.1. The van der Waals surface area contributed by atoms with Crippen LogP contribution in [0.3, 0.4) is 0 Å². The number of phosphoric acid groups is 4. The summed E-state index contributed by atoms with van der Waals surface area (Å²) < 4.78 is 105. The minimum atomic E-state index is -5.77. The van der Waals surface area contributed by atoms with Gasteiger partial charge in [0.05, 0.1) is 25.9 Å². The maximum atomic E-state index is 14.2. The molecule has 0 saturated carbocycles. The molecule has 4 aromatic heterocycles. The molecule has 4 aromatic carbocycles.